The topological polar surface area (TPSA) is 65.2 Å². The summed E-state index contributed by atoms with van der Waals surface area (Å²) in [5.74, 6) is 0. The Morgan fingerprint density at radius 2 is 2.00 bits per heavy atom. The molecule has 3 nitrogen and oxygen atoms in total. The molecule has 0 fully saturated rings. The van der Waals surface area contributed by atoms with Gasteiger partial charge in [-0.05, 0) is 12.1 Å². The monoisotopic (exact) mass is 148 g/mol. The van der Waals surface area contributed by atoms with Crippen LogP contribution in [0.5, 0.6) is 0 Å². The molecule has 0 unspecified atom stereocenters. The third-order valence-corrected chi connectivity index (χ3v) is 1.63. The minimum Gasteiger partial charge on any atom is -0.464 e. The summed E-state index contributed by atoms with van der Waals surface area (Å²) in [7, 11) is 0. The molecule has 1 aromatic heterocycles. The molecule has 0 aliphatic rings. The van der Waals surface area contributed by atoms with Gasteiger partial charge in [0.15, 0.2) is 0 Å². The maximum atomic E-state index is 5.66. The molecular formula is C8H8N2O. The fourth-order valence-electron chi connectivity index (χ4n) is 1.12. The molecule has 0 amide bonds. The number of anilines is 2. The van der Waals surface area contributed by atoms with E-state index in [0.717, 1.165) is 11.0 Å². The molecule has 2 aromatic rings. The lowest BCUT2D eigenvalue weighted by atomic mass is 10.2. The van der Waals surface area contributed by atoms with Crippen molar-refractivity contribution in [3.8, 4) is 0 Å². The molecule has 0 aliphatic heterocycles. The molecule has 0 radical (unpaired) electrons. The van der Waals surface area contributed by atoms with E-state index < -0.39 is 0 Å². The number of rotatable bonds is 0. The number of nitrogens with two attached hydrogens (primary N) is 2. The van der Waals surface area contributed by atoms with Crippen molar-refractivity contribution in [2.45, 2.75) is 0 Å². The van der Waals surface area contributed by atoms with E-state index in [4.69, 9.17) is 15.9 Å². The minimum absolute atomic E-state index is 0.630. The first-order valence-corrected chi connectivity index (χ1v) is 3.29. The summed E-state index contributed by atoms with van der Waals surface area (Å²) in [6.07, 6.45) is 1.60. The van der Waals surface area contributed by atoms with Gasteiger partial charge in [0, 0.05) is 22.8 Å². The Hall–Kier alpha value is -1.64. The van der Waals surface area contributed by atoms with Crippen LogP contribution in [0.15, 0.2) is 28.9 Å². The summed E-state index contributed by atoms with van der Waals surface area (Å²) in [6.45, 7) is 0. The van der Waals surface area contributed by atoms with Crippen LogP contribution in [0.4, 0.5) is 11.4 Å². The van der Waals surface area contributed by atoms with Crippen LogP contribution in [0.3, 0.4) is 0 Å². The van der Waals surface area contributed by atoms with Gasteiger partial charge in [-0.1, -0.05) is 0 Å². The van der Waals surface area contributed by atoms with Gasteiger partial charge in [0.25, 0.3) is 0 Å². The first-order valence-electron chi connectivity index (χ1n) is 3.29. The summed E-state index contributed by atoms with van der Waals surface area (Å²) < 4.78 is 5.12. The van der Waals surface area contributed by atoms with Gasteiger partial charge in [0.2, 0.25) is 0 Å². The predicted octanol–water partition coefficient (Wildman–Crippen LogP) is 1.60. The van der Waals surface area contributed by atoms with Crippen LogP contribution in [0.2, 0.25) is 0 Å². The number of fused-ring (bicyclic) bond motifs is 1. The van der Waals surface area contributed by atoms with E-state index in [1.165, 1.54) is 0 Å². The quantitative estimate of drug-likeness (QED) is 0.557. The molecule has 11 heavy (non-hydrogen) atoms. The van der Waals surface area contributed by atoms with Gasteiger partial charge in [0.05, 0.1) is 6.26 Å². The van der Waals surface area contributed by atoms with Crippen molar-refractivity contribution >= 4 is 22.3 Å². The Labute approximate surface area is 63.6 Å². The van der Waals surface area contributed by atoms with Crippen molar-refractivity contribution in [1.82, 2.24) is 0 Å². The lowest BCUT2D eigenvalue weighted by Crippen LogP contribution is -1.89. The Morgan fingerprint density at radius 1 is 1.18 bits per heavy atom. The molecule has 3 heteroatoms. The van der Waals surface area contributed by atoms with E-state index in [1.54, 1.807) is 18.4 Å². The molecule has 1 aromatic carbocycles. The van der Waals surface area contributed by atoms with Gasteiger partial charge in [-0.15, -0.1) is 0 Å². The molecule has 56 valence electrons. The van der Waals surface area contributed by atoms with E-state index in [-0.39, 0.29) is 0 Å². The van der Waals surface area contributed by atoms with E-state index in [1.807, 2.05) is 6.07 Å². The van der Waals surface area contributed by atoms with Crippen molar-refractivity contribution < 1.29 is 4.42 Å². The lowest BCUT2D eigenvalue weighted by molar-refractivity contribution is 0.616. The van der Waals surface area contributed by atoms with Crippen molar-refractivity contribution in [3.05, 3.63) is 24.5 Å². The molecule has 0 saturated heterocycles. The molecule has 1 heterocycles. The number of benzene rings is 1. The molecule has 0 atom stereocenters. The van der Waals surface area contributed by atoms with Crippen LogP contribution >= 0.6 is 0 Å². The standard InChI is InChI=1S/C8H8N2O/c9-5-3-7(10)6-1-2-11-8(6)4-5/h1-4H,9-10H2. The van der Waals surface area contributed by atoms with Gasteiger partial charge >= 0.3 is 0 Å². The molecule has 2 rings (SSSR count). The van der Waals surface area contributed by atoms with E-state index in [0.29, 0.717) is 11.4 Å². The first-order chi connectivity index (χ1) is 5.27. The molecule has 0 spiro atoms. The Kier molecular flexibility index (Phi) is 1.06. The average Bonchev–Trinajstić information content (AvgIpc) is 2.34. The highest BCUT2D eigenvalue weighted by Crippen LogP contribution is 2.24. The second-order valence-electron chi connectivity index (χ2n) is 2.44. The molecule has 0 aliphatic carbocycles. The van der Waals surface area contributed by atoms with Crippen molar-refractivity contribution in [2.75, 3.05) is 11.5 Å². The van der Waals surface area contributed by atoms with Crippen LogP contribution in [0.1, 0.15) is 0 Å². The Bertz CT molecular complexity index is 392. The van der Waals surface area contributed by atoms with Crippen LogP contribution in [0.25, 0.3) is 11.0 Å². The molecular weight excluding hydrogens is 140 g/mol. The maximum absolute atomic E-state index is 5.66. The highest BCUT2D eigenvalue weighted by Gasteiger charge is 2.00. The van der Waals surface area contributed by atoms with Crippen LogP contribution in [-0.2, 0) is 0 Å². The third-order valence-electron chi connectivity index (χ3n) is 1.63. The second kappa shape index (κ2) is 1.92. The number of nitrogen functional groups attached to an aromatic ring is 2. The van der Waals surface area contributed by atoms with Crippen molar-refractivity contribution in [2.24, 2.45) is 0 Å². The summed E-state index contributed by atoms with van der Waals surface area (Å²) in [5, 5.41) is 0.916. The summed E-state index contributed by atoms with van der Waals surface area (Å²) >= 11 is 0. The maximum Gasteiger partial charge on any atom is 0.137 e. The third kappa shape index (κ3) is 0.816. The van der Waals surface area contributed by atoms with E-state index >= 15 is 0 Å². The minimum atomic E-state index is 0.630. The Morgan fingerprint density at radius 3 is 2.82 bits per heavy atom. The summed E-state index contributed by atoms with van der Waals surface area (Å²) in [5.41, 5.74) is 13.2. The summed E-state index contributed by atoms with van der Waals surface area (Å²) in [6, 6.07) is 5.30. The highest BCUT2D eigenvalue weighted by atomic mass is 16.3. The molecule has 0 bridgehead atoms. The SMILES string of the molecule is Nc1cc(N)c2ccoc2c1. The first kappa shape index (κ1) is 6.09. The largest absolute Gasteiger partial charge is 0.464 e. The fourth-order valence-corrected chi connectivity index (χ4v) is 1.12. The second-order valence-corrected chi connectivity index (χ2v) is 2.44. The average molecular weight is 148 g/mol. The lowest BCUT2D eigenvalue weighted by Gasteiger charge is -1.96. The molecule has 0 saturated carbocycles. The van der Waals surface area contributed by atoms with Gasteiger partial charge in [-0.3, -0.25) is 0 Å². The number of hydrogen-bond acceptors (Lipinski definition) is 3. The van der Waals surface area contributed by atoms with Crippen molar-refractivity contribution in [3.63, 3.8) is 0 Å². The van der Waals surface area contributed by atoms with Gasteiger partial charge < -0.3 is 15.9 Å². The number of furan rings is 1. The highest BCUT2D eigenvalue weighted by molar-refractivity contribution is 5.92. The Balaban J connectivity index is 2.91. The van der Waals surface area contributed by atoms with Crippen molar-refractivity contribution in [1.29, 1.82) is 0 Å². The number of hydrogen-bond donors (Lipinski definition) is 2. The smallest absolute Gasteiger partial charge is 0.137 e. The summed E-state index contributed by atoms with van der Waals surface area (Å²) in [4.78, 5) is 0. The van der Waals surface area contributed by atoms with E-state index in [2.05, 4.69) is 0 Å². The zero-order valence-corrected chi connectivity index (χ0v) is 5.87. The van der Waals surface area contributed by atoms with Gasteiger partial charge in [-0.25, -0.2) is 0 Å². The van der Waals surface area contributed by atoms with Crippen LogP contribution in [0, 0.1) is 0 Å². The zero-order valence-electron chi connectivity index (χ0n) is 5.87. The van der Waals surface area contributed by atoms with Crippen LogP contribution < -0.4 is 11.5 Å². The predicted molar refractivity (Wildman–Crippen MR) is 45.0 cm³/mol. The normalized spacial score (nSPS) is 10.5. The van der Waals surface area contributed by atoms with Crippen LogP contribution in [-0.4, -0.2) is 0 Å². The molecule has 4 N–H and O–H groups in total. The van der Waals surface area contributed by atoms with Gasteiger partial charge in [-0.2, -0.15) is 0 Å². The zero-order chi connectivity index (χ0) is 7.84. The fraction of sp³-hybridized carbons (Fsp3) is 0. The van der Waals surface area contributed by atoms with E-state index in [9.17, 15) is 0 Å². The van der Waals surface area contributed by atoms with Gasteiger partial charge in [0.1, 0.15) is 5.58 Å².